The van der Waals surface area contributed by atoms with E-state index in [1.807, 2.05) is 0 Å². The van der Waals surface area contributed by atoms with E-state index in [1.165, 1.54) is 26.4 Å². The SMILES string of the molecule is COC(=O)C(=O)N1CCC2CCCCC21. The van der Waals surface area contributed by atoms with Crippen molar-refractivity contribution in [3.63, 3.8) is 0 Å². The lowest BCUT2D eigenvalue weighted by atomic mass is 9.85. The Labute approximate surface area is 89.6 Å². The molecule has 1 aliphatic heterocycles. The molecule has 0 spiro atoms. The van der Waals surface area contributed by atoms with Crippen LogP contribution in [0.15, 0.2) is 0 Å². The van der Waals surface area contributed by atoms with Gasteiger partial charge in [-0.3, -0.25) is 4.79 Å². The molecular weight excluding hydrogens is 194 g/mol. The molecule has 4 heteroatoms. The lowest BCUT2D eigenvalue weighted by molar-refractivity contribution is -0.159. The molecule has 0 aromatic carbocycles. The number of rotatable bonds is 0. The molecule has 1 saturated carbocycles. The Bertz CT molecular complexity index is 277. The van der Waals surface area contributed by atoms with Gasteiger partial charge in [0.05, 0.1) is 7.11 Å². The summed E-state index contributed by atoms with van der Waals surface area (Å²) in [6.07, 6.45) is 5.74. The average Bonchev–Trinajstić information content (AvgIpc) is 2.70. The zero-order chi connectivity index (χ0) is 10.8. The molecule has 1 saturated heterocycles. The number of carbonyl (C=O) groups is 2. The maximum absolute atomic E-state index is 11.7. The van der Waals surface area contributed by atoms with Gasteiger partial charge >= 0.3 is 11.9 Å². The minimum absolute atomic E-state index is 0.297. The fourth-order valence-electron chi connectivity index (χ4n) is 2.86. The van der Waals surface area contributed by atoms with E-state index in [2.05, 4.69) is 4.74 Å². The highest BCUT2D eigenvalue weighted by Gasteiger charge is 2.40. The highest BCUT2D eigenvalue weighted by molar-refractivity contribution is 6.32. The van der Waals surface area contributed by atoms with Gasteiger partial charge in [-0.2, -0.15) is 0 Å². The number of methoxy groups -OCH3 is 1. The highest BCUT2D eigenvalue weighted by atomic mass is 16.5. The number of likely N-dealkylation sites (tertiary alicyclic amines) is 1. The second kappa shape index (κ2) is 4.21. The maximum Gasteiger partial charge on any atom is 0.396 e. The largest absolute Gasteiger partial charge is 0.462 e. The van der Waals surface area contributed by atoms with Crippen molar-refractivity contribution in [1.29, 1.82) is 0 Å². The van der Waals surface area contributed by atoms with Crippen molar-refractivity contribution in [3.8, 4) is 0 Å². The van der Waals surface area contributed by atoms with E-state index in [0.717, 1.165) is 19.4 Å². The van der Waals surface area contributed by atoms with E-state index in [0.29, 0.717) is 12.0 Å². The van der Waals surface area contributed by atoms with Crippen molar-refractivity contribution >= 4 is 11.9 Å². The Morgan fingerprint density at radius 2 is 1.93 bits per heavy atom. The van der Waals surface area contributed by atoms with E-state index in [4.69, 9.17) is 0 Å². The smallest absolute Gasteiger partial charge is 0.396 e. The predicted molar refractivity (Wildman–Crippen MR) is 54.1 cm³/mol. The summed E-state index contributed by atoms with van der Waals surface area (Å²) in [4.78, 5) is 24.6. The molecule has 2 rings (SSSR count). The van der Waals surface area contributed by atoms with Crippen LogP contribution in [0.3, 0.4) is 0 Å². The molecule has 0 N–H and O–H groups in total. The van der Waals surface area contributed by atoms with Crippen LogP contribution in [0.25, 0.3) is 0 Å². The molecule has 15 heavy (non-hydrogen) atoms. The molecule has 1 aliphatic carbocycles. The van der Waals surface area contributed by atoms with Gasteiger partial charge in [-0.15, -0.1) is 0 Å². The number of ether oxygens (including phenoxy) is 1. The van der Waals surface area contributed by atoms with Crippen LogP contribution in [0.2, 0.25) is 0 Å². The summed E-state index contributed by atoms with van der Waals surface area (Å²) >= 11 is 0. The van der Waals surface area contributed by atoms with Crippen LogP contribution in [0, 0.1) is 5.92 Å². The van der Waals surface area contributed by atoms with Crippen LogP contribution in [0.1, 0.15) is 32.1 Å². The molecule has 0 aromatic rings. The molecule has 2 aliphatic rings. The minimum atomic E-state index is -0.721. The molecular formula is C11H17NO3. The predicted octanol–water partition coefficient (Wildman–Crippen LogP) is 0.950. The van der Waals surface area contributed by atoms with Crippen molar-refractivity contribution in [3.05, 3.63) is 0 Å². The number of carbonyl (C=O) groups excluding carboxylic acids is 2. The van der Waals surface area contributed by atoms with Crippen LogP contribution in [0.5, 0.6) is 0 Å². The van der Waals surface area contributed by atoms with Crippen molar-refractivity contribution in [2.45, 2.75) is 38.1 Å². The van der Waals surface area contributed by atoms with Crippen molar-refractivity contribution in [1.82, 2.24) is 4.90 Å². The lowest BCUT2D eigenvalue weighted by Gasteiger charge is -2.30. The third-order valence-corrected chi connectivity index (χ3v) is 3.63. The van der Waals surface area contributed by atoms with Gasteiger partial charge in [0, 0.05) is 12.6 Å². The van der Waals surface area contributed by atoms with Crippen LogP contribution < -0.4 is 0 Å². The van der Waals surface area contributed by atoms with Gasteiger partial charge in [-0.1, -0.05) is 12.8 Å². The summed E-state index contributed by atoms with van der Waals surface area (Å²) in [5, 5.41) is 0. The Morgan fingerprint density at radius 3 is 2.67 bits per heavy atom. The van der Waals surface area contributed by atoms with Gasteiger partial charge in [0.1, 0.15) is 0 Å². The zero-order valence-corrected chi connectivity index (χ0v) is 9.07. The Morgan fingerprint density at radius 1 is 1.20 bits per heavy atom. The molecule has 84 valence electrons. The number of fused-ring (bicyclic) bond motifs is 1. The number of nitrogens with zero attached hydrogens (tertiary/aromatic N) is 1. The van der Waals surface area contributed by atoms with Gasteiger partial charge < -0.3 is 9.64 Å². The number of hydrogen-bond acceptors (Lipinski definition) is 3. The second-order valence-electron chi connectivity index (χ2n) is 4.39. The van der Waals surface area contributed by atoms with Gasteiger partial charge in [0.15, 0.2) is 0 Å². The monoisotopic (exact) mass is 211 g/mol. The molecule has 0 aromatic heterocycles. The van der Waals surface area contributed by atoms with E-state index >= 15 is 0 Å². The summed E-state index contributed by atoms with van der Waals surface area (Å²) in [5.74, 6) is -0.555. The Hall–Kier alpha value is -1.06. The van der Waals surface area contributed by atoms with Crippen molar-refractivity contribution in [2.24, 2.45) is 5.92 Å². The summed E-state index contributed by atoms with van der Waals surface area (Å²) in [5.41, 5.74) is 0. The molecule has 0 radical (unpaired) electrons. The first-order valence-electron chi connectivity index (χ1n) is 5.63. The first-order valence-corrected chi connectivity index (χ1v) is 5.63. The van der Waals surface area contributed by atoms with Crippen LogP contribution in [0.4, 0.5) is 0 Å². The lowest BCUT2D eigenvalue weighted by Crippen LogP contribution is -2.43. The molecule has 2 fully saturated rings. The van der Waals surface area contributed by atoms with E-state index in [-0.39, 0.29) is 0 Å². The highest BCUT2D eigenvalue weighted by Crippen LogP contribution is 2.36. The van der Waals surface area contributed by atoms with E-state index in [9.17, 15) is 9.59 Å². The summed E-state index contributed by atoms with van der Waals surface area (Å²) in [6.45, 7) is 0.725. The van der Waals surface area contributed by atoms with Crippen molar-refractivity contribution < 1.29 is 14.3 Å². The van der Waals surface area contributed by atoms with Gasteiger partial charge in [-0.25, -0.2) is 4.79 Å². The molecule has 2 atom stereocenters. The fraction of sp³-hybridized carbons (Fsp3) is 0.818. The van der Waals surface area contributed by atoms with Crippen molar-refractivity contribution in [2.75, 3.05) is 13.7 Å². The molecule has 1 amide bonds. The third kappa shape index (κ3) is 1.85. The number of esters is 1. The molecule has 0 bridgehead atoms. The van der Waals surface area contributed by atoms with Crippen LogP contribution >= 0.6 is 0 Å². The first kappa shape index (κ1) is 10.5. The van der Waals surface area contributed by atoms with E-state index in [1.54, 1.807) is 4.90 Å². The maximum atomic E-state index is 11.7. The summed E-state index contributed by atoms with van der Waals surface area (Å²) in [7, 11) is 1.26. The van der Waals surface area contributed by atoms with E-state index < -0.39 is 11.9 Å². The fourth-order valence-corrected chi connectivity index (χ4v) is 2.86. The molecule has 1 heterocycles. The van der Waals surface area contributed by atoms with Crippen LogP contribution in [-0.4, -0.2) is 36.5 Å². The molecule has 4 nitrogen and oxygen atoms in total. The normalized spacial score (nSPS) is 29.8. The topological polar surface area (TPSA) is 46.6 Å². The quantitative estimate of drug-likeness (QED) is 0.442. The van der Waals surface area contributed by atoms with Gasteiger partial charge in [0.25, 0.3) is 0 Å². The zero-order valence-electron chi connectivity index (χ0n) is 9.07. The number of amides is 1. The number of hydrogen-bond donors (Lipinski definition) is 0. The minimum Gasteiger partial charge on any atom is -0.462 e. The van der Waals surface area contributed by atoms with Crippen LogP contribution in [-0.2, 0) is 14.3 Å². The standard InChI is InChI=1S/C11H17NO3/c1-15-11(14)10(13)12-7-6-8-4-2-3-5-9(8)12/h8-9H,2-7H2,1H3. The first-order chi connectivity index (χ1) is 7.24. The third-order valence-electron chi connectivity index (χ3n) is 3.63. The van der Waals surface area contributed by atoms with Gasteiger partial charge in [0.2, 0.25) is 0 Å². The van der Waals surface area contributed by atoms with Gasteiger partial charge in [-0.05, 0) is 25.2 Å². The summed E-state index contributed by atoms with van der Waals surface area (Å²) < 4.78 is 4.47. The average molecular weight is 211 g/mol. The molecule has 2 unspecified atom stereocenters. The second-order valence-corrected chi connectivity index (χ2v) is 4.39. The summed E-state index contributed by atoms with van der Waals surface area (Å²) in [6, 6.07) is 0.297. The Balaban J connectivity index is 2.04. The Kier molecular flexibility index (Phi) is 2.93.